The molecule has 29 heavy (non-hydrogen) atoms. The fraction of sp³-hybridized carbons (Fsp3) is 0.0870. The van der Waals surface area contributed by atoms with Gasteiger partial charge in [-0.25, -0.2) is 0 Å². The van der Waals surface area contributed by atoms with Crippen LogP contribution in [0, 0.1) is 22.7 Å². The Labute approximate surface area is 168 Å². The van der Waals surface area contributed by atoms with Crippen molar-refractivity contribution < 1.29 is 13.9 Å². The van der Waals surface area contributed by atoms with E-state index in [0.717, 1.165) is 5.56 Å². The zero-order valence-corrected chi connectivity index (χ0v) is 15.5. The van der Waals surface area contributed by atoms with Crippen molar-refractivity contribution in [2.45, 2.75) is 13.2 Å². The third-order valence-electron chi connectivity index (χ3n) is 4.09. The van der Waals surface area contributed by atoms with Crippen molar-refractivity contribution in [1.29, 1.82) is 10.5 Å². The highest BCUT2D eigenvalue weighted by atomic mass is 16.5. The Hall–Kier alpha value is -4.29. The quantitative estimate of drug-likeness (QED) is 0.492. The Balaban J connectivity index is 1.61. The minimum absolute atomic E-state index is 0.00632. The third-order valence-corrected chi connectivity index (χ3v) is 4.09. The van der Waals surface area contributed by atoms with E-state index < -0.39 is 5.91 Å². The van der Waals surface area contributed by atoms with Crippen LogP contribution in [-0.2, 0) is 17.9 Å². The summed E-state index contributed by atoms with van der Waals surface area (Å²) in [5.41, 5.74) is 2.07. The molecule has 0 radical (unpaired) electrons. The van der Waals surface area contributed by atoms with Crippen LogP contribution in [0.15, 0.2) is 76.9 Å². The number of ether oxygens (including phenoxy) is 1. The average molecular weight is 383 g/mol. The molecule has 2 aromatic carbocycles. The summed E-state index contributed by atoms with van der Waals surface area (Å²) in [5, 5.41) is 21.0. The molecular formula is C23H17N3O3. The maximum atomic E-state index is 12.2. The SMILES string of the molecule is N#C/C(=C\c1ccc(OCc2ccccc2C#N)cc1)C(=O)NCc1ccco1. The van der Waals surface area contributed by atoms with Gasteiger partial charge in [0.15, 0.2) is 0 Å². The molecule has 142 valence electrons. The first-order valence-electron chi connectivity index (χ1n) is 8.83. The van der Waals surface area contributed by atoms with Crippen molar-refractivity contribution in [1.82, 2.24) is 5.32 Å². The van der Waals surface area contributed by atoms with E-state index in [1.54, 1.807) is 48.5 Å². The van der Waals surface area contributed by atoms with Gasteiger partial charge in [0.05, 0.1) is 24.4 Å². The molecule has 0 bridgehead atoms. The Bertz CT molecular complexity index is 1090. The van der Waals surface area contributed by atoms with Gasteiger partial charge in [0.2, 0.25) is 0 Å². The molecule has 3 aromatic rings. The highest BCUT2D eigenvalue weighted by molar-refractivity contribution is 6.01. The van der Waals surface area contributed by atoms with Gasteiger partial charge in [-0.1, -0.05) is 30.3 Å². The van der Waals surface area contributed by atoms with Crippen LogP contribution in [0.25, 0.3) is 6.08 Å². The summed E-state index contributed by atoms with van der Waals surface area (Å²) in [5.74, 6) is 0.753. The molecule has 0 unspecified atom stereocenters. The molecule has 6 nitrogen and oxygen atoms in total. The Morgan fingerprint density at radius 2 is 1.86 bits per heavy atom. The third kappa shape index (κ3) is 5.35. The summed E-state index contributed by atoms with van der Waals surface area (Å²) >= 11 is 0. The number of carbonyl (C=O) groups excluding carboxylic acids is 1. The van der Waals surface area contributed by atoms with Crippen molar-refractivity contribution in [2.75, 3.05) is 0 Å². The number of amides is 1. The van der Waals surface area contributed by atoms with Gasteiger partial charge in [-0.2, -0.15) is 10.5 Å². The molecule has 0 aliphatic heterocycles. The number of furan rings is 1. The van der Waals surface area contributed by atoms with Gasteiger partial charge < -0.3 is 14.5 Å². The first-order valence-corrected chi connectivity index (χ1v) is 8.83. The van der Waals surface area contributed by atoms with Crippen LogP contribution in [-0.4, -0.2) is 5.91 Å². The average Bonchev–Trinajstić information content (AvgIpc) is 3.29. The van der Waals surface area contributed by atoms with E-state index in [2.05, 4.69) is 11.4 Å². The van der Waals surface area contributed by atoms with Crippen molar-refractivity contribution >= 4 is 12.0 Å². The van der Waals surface area contributed by atoms with Gasteiger partial charge in [-0.3, -0.25) is 4.79 Å². The number of nitrogens with zero attached hydrogens (tertiary/aromatic N) is 2. The molecule has 0 atom stereocenters. The monoisotopic (exact) mass is 383 g/mol. The lowest BCUT2D eigenvalue weighted by atomic mass is 10.1. The number of nitrogens with one attached hydrogen (secondary N) is 1. The molecule has 6 heteroatoms. The van der Waals surface area contributed by atoms with E-state index in [1.807, 2.05) is 18.2 Å². The van der Waals surface area contributed by atoms with E-state index in [0.29, 0.717) is 22.6 Å². The summed E-state index contributed by atoms with van der Waals surface area (Å²) in [6, 6.07) is 21.8. The van der Waals surface area contributed by atoms with E-state index >= 15 is 0 Å². The lowest BCUT2D eigenvalue weighted by Gasteiger charge is -2.08. The van der Waals surface area contributed by atoms with Crippen molar-refractivity contribution in [3.05, 3.63) is 95.0 Å². The lowest BCUT2D eigenvalue weighted by Crippen LogP contribution is -2.23. The van der Waals surface area contributed by atoms with Crippen LogP contribution < -0.4 is 10.1 Å². The van der Waals surface area contributed by atoms with E-state index in [9.17, 15) is 10.1 Å². The molecule has 0 fully saturated rings. The molecular weight excluding hydrogens is 366 g/mol. The van der Waals surface area contributed by atoms with Gasteiger partial charge in [-0.15, -0.1) is 0 Å². The fourth-order valence-corrected chi connectivity index (χ4v) is 2.57. The first kappa shape index (κ1) is 19.5. The fourth-order valence-electron chi connectivity index (χ4n) is 2.57. The van der Waals surface area contributed by atoms with Gasteiger partial charge in [-0.05, 0) is 42.0 Å². The van der Waals surface area contributed by atoms with E-state index in [4.69, 9.17) is 14.4 Å². The summed E-state index contributed by atoms with van der Waals surface area (Å²) in [7, 11) is 0. The summed E-state index contributed by atoms with van der Waals surface area (Å²) in [6.07, 6.45) is 3.03. The van der Waals surface area contributed by atoms with Crippen LogP contribution in [0.1, 0.15) is 22.5 Å². The number of hydrogen-bond donors (Lipinski definition) is 1. The molecule has 1 heterocycles. The molecule has 0 aliphatic rings. The second-order valence-corrected chi connectivity index (χ2v) is 6.06. The number of rotatable bonds is 7. The maximum absolute atomic E-state index is 12.2. The molecule has 0 spiro atoms. The van der Waals surface area contributed by atoms with Crippen LogP contribution in [0.2, 0.25) is 0 Å². The van der Waals surface area contributed by atoms with Gasteiger partial charge in [0.25, 0.3) is 5.91 Å². The van der Waals surface area contributed by atoms with Crippen LogP contribution >= 0.6 is 0 Å². The van der Waals surface area contributed by atoms with Gasteiger partial charge in [0.1, 0.15) is 29.8 Å². The number of hydrogen-bond acceptors (Lipinski definition) is 5. The van der Waals surface area contributed by atoms with Gasteiger partial charge >= 0.3 is 0 Å². The molecule has 1 amide bonds. The normalized spacial score (nSPS) is 10.6. The van der Waals surface area contributed by atoms with E-state index in [1.165, 1.54) is 12.3 Å². The number of nitriles is 2. The maximum Gasteiger partial charge on any atom is 0.262 e. The lowest BCUT2D eigenvalue weighted by molar-refractivity contribution is -0.117. The Morgan fingerprint density at radius 1 is 1.07 bits per heavy atom. The smallest absolute Gasteiger partial charge is 0.262 e. The molecule has 0 saturated heterocycles. The molecule has 0 saturated carbocycles. The zero-order chi connectivity index (χ0) is 20.5. The summed E-state index contributed by atoms with van der Waals surface area (Å²) in [4.78, 5) is 12.2. The topological polar surface area (TPSA) is 99.0 Å². The van der Waals surface area contributed by atoms with E-state index in [-0.39, 0.29) is 18.7 Å². The standard InChI is InChI=1S/C23H17N3O3/c24-13-18-4-1-2-5-19(18)16-29-21-9-7-17(8-10-21)12-20(14-25)23(27)26-15-22-6-3-11-28-22/h1-12H,15-16H2,(H,26,27)/b20-12+. The minimum Gasteiger partial charge on any atom is -0.489 e. The van der Waals surface area contributed by atoms with Crippen LogP contribution in [0.5, 0.6) is 5.75 Å². The minimum atomic E-state index is -0.475. The Morgan fingerprint density at radius 3 is 2.55 bits per heavy atom. The molecule has 1 N–H and O–H groups in total. The number of carbonyl (C=O) groups is 1. The predicted molar refractivity (Wildman–Crippen MR) is 106 cm³/mol. The van der Waals surface area contributed by atoms with Crippen molar-refractivity contribution in [3.63, 3.8) is 0 Å². The zero-order valence-electron chi connectivity index (χ0n) is 15.5. The van der Waals surface area contributed by atoms with Gasteiger partial charge in [0, 0.05) is 5.56 Å². The largest absolute Gasteiger partial charge is 0.489 e. The van der Waals surface area contributed by atoms with Crippen LogP contribution in [0.4, 0.5) is 0 Å². The summed E-state index contributed by atoms with van der Waals surface area (Å²) < 4.78 is 10.9. The molecule has 3 rings (SSSR count). The Kier molecular flexibility index (Phi) is 6.44. The highest BCUT2D eigenvalue weighted by Gasteiger charge is 2.09. The number of benzene rings is 2. The molecule has 1 aromatic heterocycles. The summed E-state index contributed by atoms with van der Waals surface area (Å²) in [6.45, 7) is 0.485. The first-order chi connectivity index (χ1) is 14.2. The van der Waals surface area contributed by atoms with Crippen LogP contribution in [0.3, 0.4) is 0 Å². The predicted octanol–water partition coefficient (Wildman–Crippen LogP) is 3.95. The highest BCUT2D eigenvalue weighted by Crippen LogP contribution is 2.17. The second kappa shape index (κ2) is 9.59. The van der Waals surface area contributed by atoms with Crippen molar-refractivity contribution in [3.8, 4) is 17.9 Å². The second-order valence-electron chi connectivity index (χ2n) is 6.06. The van der Waals surface area contributed by atoms with Crippen molar-refractivity contribution in [2.24, 2.45) is 0 Å². The molecule has 0 aliphatic carbocycles.